The lowest BCUT2D eigenvalue weighted by molar-refractivity contribution is 0.109. The van der Waals surface area contributed by atoms with E-state index in [0.29, 0.717) is 23.7 Å². The van der Waals surface area contributed by atoms with Crippen molar-refractivity contribution in [2.24, 2.45) is 0 Å². The van der Waals surface area contributed by atoms with Crippen LogP contribution in [0.2, 0.25) is 0 Å². The Morgan fingerprint density at radius 2 is 1.92 bits per heavy atom. The summed E-state index contributed by atoms with van der Waals surface area (Å²) in [7, 11) is 0. The summed E-state index contributed by atoms with van der Waals surface area (Å²) in [5, 5.41) is 2.76. The number of benzene rings is 2. The smallest absolute Gasteiger partial charge is 0.259 e. The summed E-state index contributed by atoms with van der Waals surface area (Å²) >= 11 is 1.53. The van der Waals surface area contributed by atoms with Gasteiger partial charge in [0, 0.05) is 12.1 Å². The van der Waals surface area contributed by atoms with Crippen molar-refractivity contribution in [3.8, 4) is 11.5 Å². The van der Waals surface area contributed by atoms with Crippen LogP contribution in [0, 0.1) is 0 Å². The summed E-state index contributed by atoms with van der Waals surface area (Å²) in [6.07, 6.45) is 1.93. The minimum atomic E-state index is -2.32. The van der Waals surface area contributed by atoms with Gasteiger partial charge < -0.3 is 10.1 Å². The molecule has 0 radical (unpaired) electrons. The summed E-state index contributed by atoms with van der Waals surface area (Å²) in [6, 6.07) is 12.1. The molecule has 0 aromatic heterocycles. The predicted molar refractivity (Wildman–Crippen MR) is 104 cm³/mol. The number of thiol groups is 1. The van der Waals surface area contributed by atoms with Crippen LogP contribution in [-0.2, 0) is 11.3 Å². The molecule has 2 aromatic rings. The molecule has 1 atom stereocenters. The van der Waals surface area contributed by atoms with Crippen molar-refractivity contribution in [1.29, 1.82) is 0 Å². The van der Waals surface area contributed by atoms with Crippen LogP contribution in [0.3, 0.4) is 0 Å². The van der Waals surface area contributed by atoms with Gasteiger partial charge >= 0.3 is 0 Å². The topological polar surface area (TPSA) is 87.7 Å². The molecule has 0 bridgehead atoms. The lowest BCUT2D eigenvalue weighted by Crippen LogP contribution is -2.09. The van der Waals surface area contributed by atoms with Gasteiger partial charge in [-0.3, -0.25) is 14.1 Å². The highest BCUT2D eigenvalue weighted by Gasteiger charge is 2.17. The first-order chi connectivity index (χ1) is 12.0. The summed E-state index contributed by atoms with van der Waals surface area (Å²) in [6.45, 7) is 2.74. The highest BCUT2D eigenvalue weighted by atomic mass is 32.2. The monoisotopic (exact) mass is 380 g/mol. The second-order valence-electron chi connectivity index (χ2n) is 5.25. The SMILES string of the molecule is CCCCNc1cc(C(=O)S)cc(NS(=O)O)c1Oc1ccccc1. The number of carbonyl (C=O) groups is 1. The first kappa shape index (κ1) is 19.3. The minimum absolute atomic E-state index is 0.226. The number of para-hydroxylation sites is 1. The summed E-state index contributed by atoms with van der Waals surface area (Å²) in [5.74, 6) is 0.904. The van der Waals surface area contributed by atoms with E-state index in [1.165, 1.54) is 6.07 Å². The van der Waals surface area contributed by atoms with E-state index < -0.39 is 16.4 Å². The fourth-order valence-electron chi connectivity index (χ4n) is 2.17. The average Bonchev–Trinajstić information content (AvgIpc) is 2.57. The van der Waals surface area contributed by atoms with Crippen LogP contribution < -0.4 is 14.8 Å². The third kappa shape index (κ3) is 5.77. The minimum Gasteiger partial charge on any atom is -0.453 e. The quantitative estimate of drug-likeness (QED) is 0.296. The number of anilines is 2. The molecule has 0 spiro atoms. The molecule has 2 rings (SSSR count). The van der Waals surface area contributed by atoms with Gasteiger partial charge in [-0.2, -0.15) is 0 Å². The lowest BCUT2D eigenvalue weighted by Gasteiger charge is -2.18. The molecular weight excluding hydrogens is 360 g/mol. The van der Waals surface area contributed by atoms with Gasteiger partial charge in [-0.1, -0.05) is 31.5 Å². The Balaban J connectivity index is 2.48. The molecule has 0 aliphatic rings. The van der Waals surface area contributed by atoms with Crippen molar-refractivity contribution in [3.05, 3.63) is 48.0 Å². The van der Waals surface area contributed by atoms with Crippen LogP contribution in [0.15, 0.2) is 42.5 Å². The van der Waals surface area contributed by atoms with Gasteiger partial charge in [-0.15, -0.1) is 12.6 Å². The zero-order valence-electron chi connectivity index (χ0n) is 13.7. The van der Waals surface area contributed by atoms with Crippen molar-refractivity contribution in [2.75, 3.05) is 16.6 Å². The fraction of sp³-hybridized carbons (Fsp3) is 0.235. The maximum Gasteiger partial charge on any atom is 0.259 e. The van der Waals surface area contributed by atoms with Crippen molar-refractivity contribution in [2.45, 2.75) is 19.8 Å². The Labute approximate surface area is 154 Å². The standard InChI is InChI=1S/C17H20N2O4S2/c1-2-3-9-18-14-10-12(17(20)24)11-15(19-25(21)22)16(14)23-13-7-5-4-6-8-13/h4-8,10-11,18-19H,2-3,9H2,1H3,(H,20,24)(H,21,22). The molecule has 0 saturated heterocycles. The molecule has 134 valence electrons. The van der Waals surface area contributed by atoms with E-state index >= 15 is 0 Å². The van der Waals surface area contributed by atoms with E-state index in [-0.39, 0.29) is 11.3 Å². The van der Waals surface area contributed by atoms with E-state index in [4.69, 9.17) is 4.74 Å². The number of nitrogens with one attached hydrogen (secondary N) is 2. The molecule has 8 heteroatoms. The van der Waals surface area contributed by atoms with Crippen molar-refractivity contribution >= 4 is 40.4 Å². The van der Waals surface area contributed by atoms with Crippen LogP contribution in [0.25, 0.3) is 0 Å². The van der Waals surface area contributed by atoms with Gasteiger partial charge in [-0.05, 0) is 30.7 Å². The van der Waals surface area contributed by atoms with Gasteiger partial charge in [0.15, 0.2) is 5.75 Å². The van der Waals surface area contributed by atoms with Gasteiger partial charge in [0.25, 0.3) is 11.3 Å². The van der Waals surface area contributed by atoms with Crippen molar-refractivity contribution < 1.29 is 18.3 Å². The normalized spacial score (nSPS) is 11.6. The zero-order chi connectivity index (χ0) is 18.2. The van der Waals surface area contributed by atoms with E-state index in [9.17, 15) is 13.6 Å². The third-order valence-electron chi connectivity index (χ3n) is 3.34. The number of unbranched alkanes of at least 4 members (excludes halogenated alkanes) is 1. The molecule has 1 unspecified atom stereocenters. The number of carbonyl (C=O) groups excluding carboxylic acids is 1. The average molecular weight is 380 g/mol. The third-order valence-corrected chi connectivity index (χ3v) is 3.99. The summed E-state index contributed by atoms with van der Waals surface area (Å²) in [4.78, 5) is 11.7. The van der Waals surface area contributed by atoms with Crippen molar-refractivity contribution in [1.82, 2.24) is 0 Å². The molecule has 0 saturated carbocycles. The number of hydrogen-bond donors (Lipinski definition) is 4. The fourth-order valence-corrected chi connectivity index (χ4v) is 2.64. The largest absolute Gasteiger partial charge is 0.453 e. The predicted octanol–water partition coefficient (Wildman–Crippen LogP) is 4.31. The van der Waals surface area contributed by atoms with Crippen LogP contribution in [-0.4, -0.2) is 20.4 Å². The summed E-state index contributed by atoms with van der Waals surface area (Å²) < 4.78 is 28.8. The Hall–Kier alpha value is -2.03. The molecular formula is C17H20N2O4S2. The van der Waals surface area contributed by atoms with E-state index in [0.717, 1.165) is 12.8 Å². The molecule has 2 aromatic carbocycles. The van der Waals surface area contributed by atoms with E-state index in [1.807, 2.05) is 18.2 Å². The molecule has 0 heterocycles. The van der Waals surface area contributed by atoms with Crippen LogP contribution in [0.1, 0.15) is 30.1 Å². The van der Waals surface area contributed by atoms with Gasteiger partial charge in [-0.25, -0.2) is 4.21 Å². The lowest BCUT2D eigenvalue weighted by atomic mass is 10.1. The zero-order valence-corrected chi connectivity index (χ0v) is 15.4. The molecule has 6 nitrogen and oxygen atoms in total. The van der Waals surface area contributed by atoms with Crippen LogP contribution in [0.5, 0.6) is 11.5 Å². The molecule has 25 heavy (non-hydrogen) atoms. The highest BCUT2D eigenvalue weighted by molar-refractivity contribution is 7.97. The Kier molecular flexibility index (Phi) is 7.30. The molecule has 0 aliphatic carbocycles. The van der Waals surface area contributed by atoms with E-state index in [1.54, 1.807) is 18.2 Å². The maximum atomic E-state index is 11.7. The number of hydrogen-bond acceptors (Lipinski definition) is 4. The van der Waals surface area contributed by atoms with Crippen LogP contribution >= 0.6 is 12.6 Å². The van der Waals surface area contributed by atoms with Crippen molar-refractivity contribution in [3.63, 3.8) is 0 Å². The van der Waals surface area contributed by atoms with E-state index in [2.05, 4.69) is 29.6 Å². The Bertz CT molecular complexity index is 754. The second-order valence-corrected chi connectivity index (χ2v) is 6.36. The Morgan fingerprint density at radius 1 is 1.24 bits per heavy atom. The summed E-state index contributed by atoms with van der Waals surface area (Å²) in [5.41, 5.74) is 1.06. The Morgan fingerprint density at radius 3 is 2.52 bits per heavy atom. The molecule has 0 aliphatic heterocycles. The molecule has 0 fully saturated rings. The van der Waals surface area contributed by atoms with Gasteiger partial charge in [0.2, 0.25) is 5.12 Å². The second kappa shape index (κ2) is 9.45. The molecule has 3 N–H and O–H groups in total. The van der Waals surface area contributed by atoms with Gasteiger partial charge in [0.1, 0.15) is 5.75 Å². The number of rotatable bonds is 9. The maximum absolute atomic E-state index is 11.7. The first-order valence-electron chi connectivity index (χ1n) is 7.77. The number of ether oxygens (including phenoxy) is 1. The van der Waals surface area contributed by atoms with Crippen LogP contribution in [0.4, 0.5) is 11.4 Å². The highest BCUT2D eigenvalue weighted by Crippen LogP contribution is 2.39. The first-order valence-corrected chi connectivity index (χ1v) is 9.32. The van der Waals surface area contributed by atoms with Gasteiger partial charge in [0.05, 0.1) is 11.4 Å². The molecule has 0 amide bonds.